The van der Waals surface area contributed by atoms with Crippen LogP contribution in [0.25, 0.3) is 16.5 Å². The van der Waals surface area contributed by atoms with Gasteiger partial charge in [0.2, 0.25) is 0 Å². The third-order valence-electron chi connectivity index (χ3n) is 3.24. The summed E-state index contributed by atoms with van der Waals surface area (Å²) in [4.78, 5) is 12.2. The van der Waals surface area contributed by atoms with E-state index in [4.69, 9.17) is 9.47 Å². The zero-order valence-electron chi connectivity index (χ0n) is 12.5. The Morgan fingerprint density at radius 3 is 2.00 bits per heavy atom. The van der Waals surface area contributed by atoms with E-state index in [9.17, 15) is 15.0 Å². The van der Waals surface area contributed by atoms with Gasteiger partial charge in [-0.05, 0) is 13.8 Å². The lowest BCUT2D eigenvalue weighted by molar-refractivity contribution is 0.0522. The van der Waals surface area contributed by atoms with Gasteiger partial charge in [0.05, 0.1) is 18.8 Å². The number of carbonyl (C=O) groups excluding carboxylic acids is 1. The van der Waals surface area contributed by atoms with Gasteiger partial charge < -0.3 is 19.7 Å². The van der Waals surface area contributed by atoms with Crippen LogP contribution in [0.3, 0.4) is 0 Å². The number of phenolic OH excluding ortho intramolecular Hbond substituents is 2. The van der Waals surface area contributed by atoms with Gasteiger partial charge in [0.1, 0.15) is 22.8 Å². The van der Waals surface area contributed by atoms with Crippen molar-refractivity contribution in [2.75, 3.05) is 13.2 Å². The minimum Gasteiger partial charge on any atom is -0.506 e. The Morgan fingerprint density at radius 2 is 1.50 bits per heavy atom. The van der Waals surface area contributed by atoms with Gasteiger partial charge in [0.25, 0.3) is 0 Å². The van der Waals surface area contributed by atoms with E-state index in [0.717, 1.165) is 0 Å². The first-order chi connectivity index (χ1) is 10.5. The summed E-state index contributed by atoms with van der Waals surface area (Å²) in [6.07, 6.45) is 0. The minimum atomic E-state index is -0.739. The molecule has 0 amide bonds. The van der Waals surface area contributed by atoms with Crippen LogP contribution in [-0.4, -0.2) is 29.4 Å². The van der Waals surface area contributed by atoms with Gasteiger partial charge in [-0.15, -0.1) is 0 Å². The molecule has 0 atom stereocenters. The highest BCUT2D eigenvalue weighted by atomic mass is 16.5. The number of phenols is 2. The van der Waals surface area contributed by atoms with E-state index >= 15 is 0 Å². The van der Waals surface area contributed by atoms with Crippen LogP contribution in [-0.2, 0) is 9.47 Å². The zero-order chi connectivity index (χ0) is 16.3. The molecule has 0 heterocycles. The van der Waals surface area contributed by atoms with E-state index in [-0.39, 0.29) is 35.0 Å². The van der Waals surface area contributed by atoms with E-state index in [0.29, 0.717) is 17.4 Å². The predicted octanol–water partition coefficient (Wildman–Crippen LogP) is 3.43. The summed E-state index contributed by atoms with van der Waals surface area (Å²) < 4.78 is 10.3. The Morgan fingerprint density at radius 1 is 1.00 bits per heavy atom. The van der Waals surface area contributed by atoms with Crippen LogP contribution in [0.4, 0.5) is 0 Å². The fraction of sp³-hybridized carbons (Fsp3) is 0.235. The maximum absolute atomic E-state index is 12.2. The maximum atomic E-state index is 12.2. The number of ether oxygens (including phenoxy) is 2. The molecule has 0 saturated heterocycles. The minimum absolute atomic E-state index is 0.0523. The van der Waals surface area contributed by atoms with Crippen molar-refractivity contribution >= 4 is 22.5 Å². The van der Waals surface area contributed by atoms with Crippen molar-refractivity contribution in [3.8, 4) is 11.5 Å². The highest BCUT2D eigenvalue weighted by molar-refractivity contribution is 6.08. The van der Waals surface area contributed by atoms with Crippen molar-refractivity contribution in [1.82, 2.24) is 0 Å². The topological polar surface area (TPSA) is 76.0 Å². The van der Waals surface area contributed by atoms with E-state index in [2.05, 4.69) is 6.58 Å². The number of esters is 1. The second-order valence-electron chi connectivity index (χ2n) is 4.57. The molecule has 116 valence electrons. The quantitative estimate of drug-likeness (QED) is 0.503. The first kappa shape index (κ1) is 15.7. The molecule has 0 fully saturated rings. The average Bonchev–Trinajstić information content (AvgIpc) is 2.51. The normalized spacial score (nSPS) is 10.5. The summed E-state index contributed by atoms with van der Waals surface area (Å²) in [5.41, 5.74) is -0.0898. The number of benzene rings is 2. The highest BCUT2D eigenvalue weighted by Crippen LogP contribution is 2.42. The monoisotopic (exact) mass is 302 g/mol. The summed E-state index contributed by atoms with van der Waals surface area (Å²) in [5.74, 6) is -1.07. The number of carbonyl (C=O) groups is 1. The first-order valence-corrected chi connectivity index (χ1v) is 6.98. The van der Waals surface area contributed by atoms with Crippen molar-refractivity contribution in [3.05, 3.63) is 42.0 Å². The van der Waals surface area contributed by atoms with Crippen molar-refractivity contribution in [1.29, 1.82) is 0 Å². The number of aromatic hydroxyl groups is 2. The molecule has 2 rings (SSSR count). The number of rotatable bonds is 5. The molecule has 22 heavy (non-hydrogen) atoms. The van der Waals surface area contributed by atoms with Gasteiger partial charge in [-0.2, -0.15) is 0 Å². The molecule has 0 unspecified atom stereocenters. The highest BCUT2D eigenvalue weighted by Gasteiger charge is 2.27. The fourth-order valence-electron chi connectivity index (χ4n) is 2.32. The zero-order valence-corrected chi connectivity index (χ0v) is 12.5. The van der Waals surface area contributed by atoms with Crippen molar-refractivity contribution in [2.45, 2.75) is 13.8 Å². The smallest absolute Gasteiger partial charge is 0.342 e. The standard InChI is InChI=1S/C17H18O5/c1-4-21-10(3)13-14(17(20)22-5-2)16(19)12-9-7-6-8-11(12)15(13)18/h6-9,18-19H,3-5H2,1-2H3. The Balaban J connectivity index is 2.83. The maximum Gasteiger partial charge on any atom is 0.342 e. The van der Waals surface area contributed by atoms with Gasteiger partial charge in [-0.1, -0.05) is 30.8 Å². The third kappa shape index (κ3) is 2.57. The first-order valence-electron chi connectivity index (χ1n) is 6.98. The molecular formula is C17H18O5. The second-order valence-corrected chi connectivity index (χ2v) is 4.57. The van der Waals surface area contributed by atoms with Crippen LogP contribution >= 0.6 is 0 Å². The van der Waals surface area contributed by atoms with Crippen LogP contribution in [0.2, 0.25) is 0 Å². The average molecular weight is 302 g/mol. The molecule has 0 aromatic heterocycles. The molecule has 0 saturated carbocycles. The summed E-state index contributed by atoms with van der Waals surface area (Å²) >= 11 is 0. The summed E-state index contributed by atoms with van der Waals surface area (Å²) in [6.45, 7) is 7.60. The van der Waals surface area contributed by atoms with Crippen LogP contribution in [0, 0.1) is 0 Å². The molecule has 2 N–H and O–H groups in total. The lowest BCUT2D eigenvalue weighted by atomic mass is 9.96. The fourth-order valence-corrected chi connectivity index (χ4v) is 2.32. The number of hydrogen-bond acceptors (Lipinski definition) is 5. The third-order valence-corrected chi connectivity index (χ3v) is 3.24. The molecule has 2 aromatic carbocycles. The van der Waals surface area contributed by atoms with Crippen LogP contribution in [0.5, 0.6) is 11.5 Å². The van der Waals surface area contributed by atoms with Crippen LogP contribution < -0.4 is 0 Å². The van der Waals surface area contributed by atoms with E-state index < -0.39 is 5.97 Å². The SMILES string of the molecule is C=C(OCC)c1c(C(=O)OCC)c(O)c2ccccc2c1O. The van der Waals surface area contributed by atoms with E-state index in [1.54, 1.807) is 38.1 Å². The van der Waals surface area contributed by atoms with Gasteiger partial charge in [-0.25, -0.2) is 4.79 Å². The van der Waals surface area contributed by atoms with Gasteiger partial charge >= 0.3 is 5.97 Å². The molecular weight excluding hydrogens is 284 g/mol. The molecule has 0 bridgehead atoms. The second kappa shape index (κ2) is 6.39. The number of fused-ring (bicyclic) bond motifs is 1. The summed E-state index contributed by atoms with van der Waals surface area (Å²) in [5, 5.41) is 21.7. The number of hydrogen-bond donors (Lipinski definition) is 2. The summed E-state index contributed by atoms with van der Waals surface area (Å²) in [7, 11) is 0. The van der Waals surface area contributed by atoms with Crippen molar-refractivity contribution < 1.29 is 24.5 Å². The molecule has 0 aliphatic carbocycles. The molecule has 0 aliphatic heterocycles. The van der Waals surface area contributed by atoms with Gasteiger partial charge in [0, 0.05) is 10.8 Å². The van der Waals surface area contributed by atoms with Crippen molar-refractivity contribution in [2.24, 2.45) is 0 Å². The molecule has 5 heteroatoms. The molecule has 0 radical (unpaired) electrons. The summed E-state index contributed by atoms with van der Waals surface area (Å²) in [6, 6.07) is 6.68. The Kier molecular flexibility index (Phi) is 4.56. The van der Waals surface area contributed by atoms with Crippen molar-refractivity contribution in [3.63, 3.8) is 0 Å². The Bertz CT molecular complexity index is 671. The Labute approximate surface area is 128 Å². The van der Waals surface area contributed by atoms with Gasteiger partial charge in [0.15, 0.2) is 0 Å². The molecule has 5 nitrogen and oxygen atoms in total. The van der Waals surface area contributed by atoms with E-state index in [1.165, 1.54) is 0 Å². The van der Waals surface area contributed by atoms with E-state index in [1.807, 2.05) is 0 Å². The molecule has 2 aromatic rings. The molecule has 0 aliphatic rings. The van der Waals surface area contributed by atoms with Crippen LogP contribution in [0.15, 0.2) is 30.8 Å². The lowest BCUT2D eigenvalue weighted by Crippen LogP contribution is -2.10. The van der Waals surface area contributed by atoms with Gasteiger partial charge in [-0.3, -0.25) is 0 Å². The largest absolute Gasteiger partial charge is 0.506 e. The van der Waals surface area contributed by atoms with Crippen LogP contribution in [0.1, 0.15) is 29.8 Å². The lowest BCUT2D eigenvalue weighted by Gasteiger charge is -2.17. The Hall–Kier alpha value is -2.69. The predicted molar refractivity (Wildman–Crippen MR) is 83.9 cm³/mol. The molecule has 0 spiro atoms.